The number of rotatable bonds is 8. The van der Waals surface area contributed by atoms with Gasteiger partial charge in [0.25, 0.3) is 0 Å². The third-order valence-electron chi connectivity index (χ3n) is 2.77. The quantitative estimate of drug-likeness (QED) is 0.721. The minimum absolute atomic E-state index is 0.161. The molecule has 0 aliphatic heterocycles. The summed E-state index contributed by atoms with van der Waals surface area (Å²) in [6, 6.07) is 4.90. The third kappa shape index (κ3) is 4.71. The predicted octanol–water partition coefficient (Wildman–Crippen LogP) is 0.370. The molecule has 2 N–H and O–H groups in total. The molecule has 0 aliphatic rings. The van der Waals surface area contributed by atoms with Gasteiger partial charge in [0.2, 0.25) is 5.91 Å². The van der Waals surface area contributed by atoms with E-state index in [-0.39, 0.29) is 25.5 Å². The van der Waals surface area contributed by atoms with Gasteiger partial charge < -0.3 is 24.6 Å². The van der Waals surface area contributed by atoms with Gasteiger partial charge in [-0.15, -0.1) is 0 Å². The zero-order valence-electron chi connectivity index (χ0n) is 12.0. The number of hydrogen-bond donors (Lipinski definition) is 2. The Kier molecular flexibility index (Phi) is 6.83. The SMILES string of the molecule is COCC(CO)NC(=O)Cc1ccc(OC)c(OC)c1. The van der Waals surface area contributed by atoms with Crippen LogP contribution in [0.3, 0.4) is 0 Å². The molecule has 0 saturated heterocycles. The first kappa shape index (κ1) is 16.3. The molecular formula is C14H21NO5. The lowest BCUT2D eigenvalue weighted by molar-refractivity contribution is -0.121. The van der Waals surface area contributed by atoms with Gasteiger partial charge in [0.15, 0.2) is 11.5 Å². The molecule has 1 aromatic rings. The Hall–Kier alpha value is -1.79. The van der Waals surface area contributed by atoms with Crippen molar-refractivity contribution in [3.8, 4) is 11.5 Å². The van der Waals surface area contributed by atoms with Crippen LogP contribution in [-0.4, -0.2) is 51.6 Å². The molecule has 0 aromatic heterocycles. The second kappa shape index (κ2) is 8.39. The number of carbonyl (C=O) groups excluding carboxylic acids is 1. The number of carbonyl (C=O) groups is 1. The first-order valence-corrected chi connectivity index (χ1v) is 6.24. The van der Waals surface area contributed by atoms with Gasteiger partial charge in [0, 0.05) is 7.11 Å². The van der Waals surface area contributed by atoms with E-state index in [1.165, 1.54) is 7.11 Å². The summed E-state index contributed by atoms with van der Waals surface area (Å²) in [5.74, 6) is 1.01. The molecule has 1 amide bonds. The van der Waals surface area contributed by atoms with Gasteiger partial charge in [-0.3, -0.25) is 4.79 Å². The van der Waals surface area contributed by atoms with E-state index in [1.807, 2.05) is 0 Å². The second-order valence-electron chi connectivity index (χ2n) is 4.27. The largest absolute Gasteiger partial charge is 0.493 e. The number of amides is 1. The average Bonchev–Trinajstić information content (AvgIpc) is 2.46. The molecule has 0 aliphatic carbocycles. The van der Waals surface area contributed by atoms with Crippen LogP contribution in [0.15, 0.2) is 18.2 Å². The maximum absolute atomic E-state index is 11.9. The van der Waals surface area contributed by atoms with Crippen LogP contribution in [-0.2, 0) is 16.0 Å². The van der Waals surface area contributed by atoms with Crippen LogP contribution >= 0.6 is 0 Å². The lowest BCUT2D eigenvalue weighted by atomic mass is 10.1. The van der Waals surface area contributed by atoms with Crippen LogP contribution < -0.4 is 14.8 Å². The van der Waals surface area contributed by atoms with E-state index in [0.29, 0.717) is 11.5 Å². The Balaban J connectivity index is 2.66. The Labute approximate surface area is 118 Å². The van der Waals surface area contributed by atoms with E-state index in [2.05, 4.69) is 5.32 Å². The number of nitrogens with one attached hydrogen (secondary N) is 1. The molecule has 1 aromatic carbocycles. The fourth-order valence-corrected chi connectivity index (χ4v) is 1.80. The Bertz CT molecular complexity index is 436. The van der Waals surface area contributed by atoms with Crippen molar-refractivity contribution in [1.82, 2.24) is 5.32 Å². The standard InChI is InChI=1S/C14H21NO5/c1-18-9-11(8-16)15-14(17)7-10-4-5-12(19-2)13(6-10)20-3/h4-6,11,16H,7-9H2,1-3H3,(H,15,17). The van der Waals surface area contributed by atoms with Crippen LogP contribution in [0.5, 0.6) is 11.5 Å². The molecule has 6 nitrogen and oxygen atoms in total. The fourth-order valence-electron chi connectivity index (χ4n) is 1.80. The van der Waals surface area contributed by atoms with Crippen molar-refractivity contribution in [3.63, 3.8) is 0 Å². The third-order valence-corrected chi connectivity index (χ3v) is 2.77. The lowest BCUT2D eigenvalue weighted by Crippen LogP contribution is -2.41. The monoisotopic (exact) mass is 283 g/mol. The van der Waals surface area contributed by atoms with Crippen molar-refractivity contribution >= 4 is 5.91 Å². The zero-order valence-corrected chi connectivity index (χ0v) is 12.0. The molecule has 1 rings (SSSR count). The summed E-state index contributed by atoms with van der Waals surface area (Å²) in [7, 11) is 4.62. The zero-order chi connectivity index (χ0) is 15.0. The van der Waals surface area contributed by atoms with Gasteiger partial charge in [-0.2, -0.15) is 0 Å². The molecule has 0 radical (unpaired) electrons. The van der Waals surface area contributed by atoms with Crippen molar-refractivity contribution < 1.29 is 24.1 Å². The Morgan fingerprint density at radius 2 is 1.95 bits per heavy atom. The van der Waals surface area contributed by atoms with E-state index < -0.39 is 6.04 Å². The summed E-state index contributed by atoms with van der Waals surface area (Å²) in [6.07, 6.45) is 0.195. The Morgan fingerprint density at radius 3 is 2.50 bits per heavy atom. The van der Waals surface area contributed by atoms with Crippen LogP contribution in [0, 0.1) is 0 Å². The topological polar surface area (TPSA) is 77.0 Å². The van der Waals surface area contributed by atoms with E-state index in [0.717, 1.165) is 5.56 Å². The first-order valence-electron chi connectivity index (χ1n) is 6.24. The summed E-state index contributed by atoms with van der Waals surface area (Å²) in [5.41, 5.74) is 0.800. The molecule has 0 spiro atoms. The van der Waals surface area contributed by atoms with Gasteiger partial charge in [0.05, 0.1) is 39.9 Å². The van der Waals surface area contributed by atoms with Crippen LogP contribution in [0.1, 0.15) is 5.56 Å². The number of hydrogen-bond acceptors (Lipinski definition) is 5. The molecule has 20 heavy (non-hydrogen) atoms. The second-order valence-corrected chi connectivity index (χ2v) is 4.27. The number of benzene rings is 1. The number of aliphatic hydroxyl groups is 1. The smallest absolute Gasteiger partial charge is 0.224 e. The molecule has 0 bridgehead atoms. The van der Waals surface area contributed by atoms with Gasteiger partial charge in [-0.25, -0.2) is 0 Å². The van der Waals surface area contributed by atoms with Crippen molar-refractivity contribution in [2.75, 3.05) is 34.5 Å². The summed E-state index contributed by atoms with van der Waals surface area (Å²) in [5, 5.41) is 11.8. The van der Waals surface area contributed by atoms with E-state index >= 15 is 0 Å². The van der Waals surface area contributed by atoms with E-state index in [9.17, 15) is 4.79 Å². The van der Waals surface area contributed by atoms with Gasteiger partial charge in [0.1, 0.15) is 0 Å². The maximum atomic E-state index is 11.9. The molecule has 6 heteroatoms. The highest BCUT2D eigenvalue weighted by Crippen LogP contribution is 2.27. The number of methoxy groups -OCH3 is 3. The summed E-state index contributed by atoms with van der Waals surface area (Å²) in [6.45, 7) is 0.111. The van der Waals surface area contributed by atoms with Gasteiger partial charge >= 0.3 is 0 Å². The molecule has 0 saturated carbocycles. The van der Waals surface area contributed by atoms with Crippen molar-refractivity contribution in [2.24, 2.45) is 0 Å². The molecule has 1 atom stereocenters. The normalized spacial score (nSPS) is 11.8. The summed E-state index contributed by atoms with van der Waals surface area (Å²) < 4.78 is 15.2. The minimum atomic E-state index is -0.396. The highest BCUT2D eigenvalue weighted by Gasteiger charge is 2.12. The van der Waals surface area contributed by atoms with Crippen LogP contribution in [0.25, 0.3) is 0 Å². The van der Waals surface area contributed by atoms with Crippen molar-refractivity contribution in [1.29, 1.82) is 0 Å². The van der Waals surface area contributed by atoms with E-state index in [4.69, 9.17) is 19.3 Å². The predicted molar refractivity (Wildman–Crippen MR) is 74.1 cm³/mol. The van der Waals surface area contributed by atoms with Crippen molar-refractivity contribution in [2.45, 2.75) is 12.5 Å². The highest BCUT2D eigenvalue weighted by atomic mass is 16.5. The fraction of sp³-hybridized carbons (Fsp3) is 0.500. The van der Waals surface area contributed by atoms with Gasteiger partial charge in [-0.1, -0.05) is 6.07 Å². The number of aliphatic hydroxyl groups excluding tert-OH is 1. The summed E-state index contributed by atoms with van der Waals surface area (Å²) in [4.78, 5) is 11.9. The highest BCUT2D eigenvalue weighted by molar-refractivity contribution is 5.79. The van der Waals surface area contributed by atoms with Crippen LogP contribution in [0.2, 0.25) is 0 Å². The molecule has 0 heterocycles. The molecule has 112 valence electrons. The Morgan fingerprint density at radius 1 is 1.25 bits per heavy atom. The van der Waals surface area contributed by atoms with Crippen molar-refractivity contribution in [3.05, 3.63) is 23.8 Å². The average molecular weight is 283 g/mol. The van der Waals surface area contributed by atoms with E-state index in [1.54, 1.807) is 32.4 Å². The molecule has 1 unspecified atom stereocenters. The minimum Gasteiger partial charge on any atom is -0.493 e. The molecular weight excluding hydrogens is 262 g/mol. The lowest BCUT2D eigenvalue weighted by Gasteiger charge is -2.15. The first-order chi connectivity index (χ1) is 9.64. The number of ether oxygens (including phenoxy) is 3. The van der Waals surface area contributed by atoms with Gasteiger partial charge in [-0.05, 0) is 17.7 Å². The maximum Gasteiger partial charge on any atom is 0.224 e. The van der Waals surface area contributed by atoms with Crippen LogP contribution in [0.4, 0.5) is 0 Å². The molecule has 0 fully saturated rings. The summed E-state index contributed by atoms with van der Waals surface area (Å²) >= 11 is 0.